The van der Waals surface area contributed by atoms with E-state index in [2.05, 4.69) is 65.6 Å². The molecule has 0 amide bonds. The average Bonchev–Trinajstić information content (AvgIpc) is 2.81. The number of halogens is 1. The Labute approximate surface area is 131 Å². The maximum absolute atomic E-state index is 6.17. The van der Waals surface area contributed by atoms with Gasteiger partial charge >= 0.3 is 0 Å². The van der Waals surface area contributed by atoms with Crippen molar-refractivity contribution in [1.82, 2.24) is 15.1 Å². The van der Waals surface area contributed by atoms with Crippen LogP contribution in [0.15, 0.2) is 10.7 Å². The molecule has 0 spiro atoms. The zero-order valence-corrected chi connectivity index (χ0v) is 15.1. The smallest absolute Gasteiger partial charge is 0.0886 e. The average molecular weight is 346 g/mol. The van der Waals surface area contributed by atoms with Gasteiger partial charge in [0.25, 0.3) is 0 Å². The van der Waals surface area contributed by atoms with Gasteiger partial charge in [-0.1, -0.05) is 13.8 Å². The normalized spacial score (nSPS) is 14.0. The van der Waals surface area contributed by atoms with Crippen molar-refractivity contribution >= 4 is 15.9 Å². The largest absolute Gasteiger partial charge is 0.373 e. The fraction of sp³-hybridized carbons (Fsp3) is 0.800. The van der Waals surface area contributed by atoms with Gasteiger partial charge in [-0.2, -0.15) is 5.10 Å². The topological polar surface area (TPSA) is 39.1 Å². The number of nitrogens with zero attached hydrogens (tertiary/aromatic N) is 2. The molecule has 5 heteroatoms. The minimum atomic E-state index is -0.210. The third-order valence-electron chi connectivity index (χ3n) is 3.99. The molecule has 0 saturated heterocycles. The van der Waals surface area contributed by atoms with Crippen molar-refractivity contribution in [1.29, 1.82) is 0 Å². The summed E-state index contributed by atoms with van der Waals surface area (Å²) >= 11 is 3.65. The summed E-state index contributed by atoms with van der Waals surface area (Å²) in [7, 11) is 1.99. The molecule has 0 bridgehead atoms. The van der Waals surface area contributed by atoms with Gasteiger partial charge in [-0.3, -0.25) is 4.68 Å². The Kier molecular flexibility index (Phi) is 6.69. The summed E-state index contributed by atoms with van der Waals surface area (Å²) in [6.07, 6.45) is 3.79. The van der Waals surface area contributed by atoms with Crippen LogP contribution in [0.25, 0.3) is 0 Å². The standard InChI is InChI=1S/C15H28BrN3O/c1-7-15(8-2,20-9-3)14(17-6)13-12(16)10-18-19(13)11(4)5/h10-11,14,17H,7-9H2,1-6H3. The summed E-state index contributed by atoms with van der Waals surface area (Å²) in [6, 6.07) is 0.428. The predicted octanol–water partition coefficient (Wildman–Crippen LogP) is 4.08. The second-order valence-corrected chi connectivity index (χ2v) is 6.20. The first kappa shape index (κ1) is 17.7. The zero-order chi connectivity index (χ0) is 15.3. The number of nitrogens with one attached hydrogen (secondary N) is 1. The van der Waals surface area contributed by atoms with Gasteiger partial charge < -0.3 is 10.1 Å². The lowest BCUT2D eigenvalue weighted by Gasteiger charge is -2.40. The molecule has 1 heterocycles. The van der Waals surface area contributed by atoms with Crippen molar-refractivity contribution in [3.05, 3.63) is 16.4 Å². The Balaban J connectivity index is 3.33. The maximum atomic E-state index is 6.17. The van der Waals surface area contributed by atoms with Gasteiger partial charge in [-0.05, 0) is 56.6 Å². The van der Waals surface area contributed by atoms with E-state index in [1.165, 1.54) is 5.69 Å². The van der Waals surface area contributed by atoms with E-state index in [9.17, 15) is 0 Å². The molecule has 0 aliphatic carbocycles. The SMILES string of the molecule is CCOC(CC)(CC)C(NC)c1c(Br)cnn1C(C)C. The highest BCUT2D eigenvalue weighted by molar-refractivity contribution is 9.10. The van der Waals surface area contributed by atoms with Crippen molar-refractivity contribution in [3.8, 4) is 0 Å². The van der Waals surface area contributed by atoms with Crippen molar-refractivity contribution in [3.63, 3.8) is 0 Å². The van der Waals surface area contributed by atoms with E-state index in [1.807, 2.05) is 13.2 Å². The Hall–Kier alpha value is -0.390. The van der Waals surface area contributed by atoms with Gasteiger partial charge in [-0.15, -0.1) is 0 Å². The van der Waals surface area contributed by atoms with Crippen LogP contribution in [0.2, 0.25) is 0 Å². The molecule has 4 nitrogen and oxygen atoms in total. The molecule has 0 aliphatic rings. The monoisotopic (exact) mass is 345 g/mol. The van der Waals surface area contributed by atoms with Crippen LogP contribution in [-0.2, 0) is 4.74 Å². The van der Waals surface area contributed by atoms with Gasteiger partial charge in [0, 0.05) is 12.6 Å². The van der Waals surface area contributed by atoms with Gasteiger partial charge in [0.2, 0.25) is 0 Å². The molecule has 116 valence electrons. The number of ether oxygens (including phenoxy) is 1. The van der Waals surface area contributed by atoms with Crippen LogP contribution in [0, 0.1) is 0 Å². The summed E-state index contributed by atoms with van der Waals surface area (Å²) < 4.78 is 9.28. The number of hydrogen-bond donors (Lipinski definition) is 1. The lowest BCUT2D eigenvalue weighted by Crippen LogP contribution is -2.45. The molecule has 1 rings (SSSR count). The first-order chi connectivity index (χ1) is 9.47. The molecule has 0 fully saturated rings. The Morgan fingerprint density at radius 3 is 2.35 bits per heavy atom. The van der Waals surface area contributed by atoms with Crippen LogP contribution in [0.4, 0.5) is 0 Å². The highest BCUT2D eigenvalue weighted by atomic mass is 79.9. The summed E-state index contributed by atoms with van der Waals surface area (Å²) in [5.41, 5.74) is 0.957. The van der Waals surface area contributed by atoms with E-state index in [4.69, 9.17) is 4.74 Å². The molecular formula is C15H28BrN3O. The molecule has 1 aromatic rings. The molecule has 1 atom stereocenters. The van der Waals surface area contributed by atoms with Crippen molar-refractivity contribution in [2.75, 3.05) is 13.7 Å². The molecule has 0 aromatic carbocycles. The number of aromatic nitrogens is 2. The minimum Gasteiger partial charge on any atom is -0.373 e. The third-order valence-corrected chi connectivity index (χ3v) is 4.60. The highest BCUT2D eigenvalue weighted by Gasteiger charge is 2.39. The molecule has 1 N–H and O–H groups in total. The van der Waals surface area contributed by atoms with E-state index >= 15 is 0 Å². The summed E-state index contributed by atoms with van der Waals surface area (Å²) in [5.74, 6) is 0. The lowest BCUT2D eigenvalue weighted by atomic mass is 9.86. The summed E-state index contributed by atoms with van der Waals surface area (Å²) in [4.78, 5) is 0. The van der Waals surface area contributed by atoms with Crippen LogP contribution < -0.4 is 5.32 Å². The Morgan fingerprint density at radius 2 is 1.95 bits per heavy atom. The second-order valence-electron chi connectivity index (χ2n) is 5.34. The van der Waals surface area contributed by atoms with E-state index in [-0.39, 0.29) is 11.6 Å². The van der Waals surface area contributed by atoms with E-state index in [0.717, 1.165) is 17.3 Å². The number of likely N-dealkylation sites (N-methyl/N-ethyl adjacent to an activating group) is 1. The zero-order valence-electron chi connectivity index (χ0n) is 13.5. The van der Waals surface area contributed by atoms with Crippen LogP contribution in [-0.4, -0.2) is 29.0 Å². The van der Waals surface area contributed by atoms with E-state index in [0.29, 0.717) is 12.6 Å². The van der Waals surface area contributed by atoms with Gasteiger partial charge in [-0.25, -0.2) is 0 Å². The molecule has 20 heavy (non-hydrogen) atoms. The molecule has 0 saturated carbocycles. The van der Waals surface area contributed by atoms with Gasteiger partial charge in [0.05, 0.1) is 28.0 Å². The van der Waals surface area contributed by atoms with E-state index < -0.39 is 0 Å². The lowest BCUT2D eigenvalue weighted by molar-refractivity contribution is -0.0738. The highest BCUT2D eigenvalue weighted by Crippen LogP contribution is 2.38. The van der Waals surface area contributed by atoms with Crippen LogP contribution in [0.5, 0.6) is 0 Å². The Morgan fingerprint density at radius 1 is 1.35 bits per heavy atom. The third kappa shape index (κ3) is 3.26. The van der Waals surface area contributed by atoms with Gasteiger partial charge in [0.15, 0.2) is 0 Å². The van der Waals surface area contributed by atoms with Crippen LogP contribution in [0.1, 0.15) is 65.2 Å². The van der Waals surface area contributed by atoms with Crippen molar-refractivity contribution < 1.29 is 4.74 Å². The Bertz CT molecular complexity index is 413. The fourth-order valence-electron chi connectivity index (χ4n) is 2.91. The summed E-state index contributed by atoms with van der Waals surface area (Å²) in [5, 5.41) is 7.95. The summed E-state index contributed by atoms with van der Waals surface area (Å²) in [6.45, 7) is 11.4. The van der Waals surface area contributed by atoms with Crippen LogP contribution in [0.3, 0.4) is 0 Å². The first-order valence-corrected chi connectivity index (χ1v) is 8.30. The minimum absolute atomic E-state index is 0.108. The number of rotatable bonds is 8. The number of hydrogen-bond acceptors (Lipinski definition) is 3. The molecule has 0 aliphatic heterocycles. The molecule has 1 unspecified atom stereocenters. The van der Waals surface area contributed by atoms with Crippen LogP contribution >= 0.6 is 15.9 Å². The fourth-order valence-corrected chi connectivity index (χ4v) is 3.42. The van der Waals surface area contributed by atoms with E-state index in [1.54, 1.807) is 0 Å². The maximum Gasteiger partial charge on any atom is 0.0886 e. The molecule has 0 radical (unpaired) electrons. The van der Waals surface area contributed by atoms with Crippen molar-refractivity contribution in [2.45, 2.75) is 65.1 Å². The molecule has 1 aromatic heterocycles. The van der Waals surface area contributed by atoms with Gasteiger partial charge in [0.1, 0.15) is 0 Å². The molecular weight excluding hydrogens is 318 g/mol. The second kappa shape index (κ2) is 7.57. The quantitative estimate of drug-likeness (QED) is 0.771. The predicted molar refractivity (Wildman–Crippen MR) is 87.1 cm³/mol. The van der Waals surface area contributed by atoms with Crippen molar-refractivity contribution in [2.24, 2.45) is 0 Å². The first-order valence-electron chi connectivity index (χ1n) is 7.51.